The average molecular weight is 445 g/mol. The second-order valence-corrected chi connectivity index (χ2v) is 7.41. The van der Waals surface area contributed by atoms with E-state index in [9.17, 15) is 18.0 Å². The molecule has 1 unspecified atom stereocenters. The highest BCUT2D eigenvalue weighted by Crippen LogP contribution is 2.49. The molecule has 9 heteroatoms. The van der Waals surface area contributed by atoms with Gasteiger partial charge in [-0.25, -0.2) is 0 Å². The van der Waals surface area contributed by atoms with Gasteiger partial charge < -0.3 is 10.1 Å². The molecule has 2 aromatic rings. The van der Waals surface area contributed by atoms with E-state index in [4.69, 9.17) is 27.9 Å². The molecule has 29 heavy (non-hydrogen) atoms. The van der Waals surface area contributed by atoms with Gasteiger partial charge in [0.15, 0.2) is 0 Å². The van der Waals surface area contributed by atoms with Crippen molar-refractivity contribution in [3.63, 3.8) is 0 Å². The number of rotatable bonds is 4. The first-order chi connectivity index (χ1) is 13.6. The van der Waals surface area contributed by atoms with Crippen molar-refractivity contribution in [3.8, 4) is 0 Å². The number of nitrogens with one attached hydrogen (secondary N) is 1. The Morgan fingerprint density at radius 2 is 1.90 bits per heavy atom. The highest BCUT2D eigenvalue weighted by Gasteiger charge is 2.58. The first-order valence-corrected chi connectivity index (χ1v) is 9.48. The van der Waals surface area contributed by atoms with Crippen LogP contribution in [0.4, 0.5) is 13.2 Å². The van der Waals surface area contributed by atoms with Crippen LogP contribution < -0.4 is 5.32 Å². The second kappa shape index (κ2) is 7.97. The van der Waals surface area contributed by atoms with Gasteiger partial charge >= 0.3 is 6.18 Å². The summed E-state index contributed by atoms with van der Waals surface area (Å²) in [5, 5.41) is 2.81. The van der Waals surface area contributed by atoms with Crippen molar-refractivity contribution in [2.45, 2.75) is 25.6 Å². The van der Waals surface area contributed by atoms with Crippen LogP contribution in [-0.2, 0) is 10.3 Å². The highest BCUT2D eigenvalue weighted by atomic mass is 35.5. The molecule has 0 aliphatic carbocycles. The summed E-state index contributed by atoms with van der Waals surface area (Å²) in [4.78, 5) is 16.3. The average Bonchev–Trinajstić information content (AvgIpc) is 3.07. The fraction of sp³-hybridized carbons (Fsp3) is 0.300. The fourth-order valence-electron chi connectivity index (χ4n) is 3.17. The van der Waals surface area contributed by atoms with E-state index in [0.29, 0.717) is 23.5 Å². The fourth-order valence-corrected chi connectivity index (χ4v) is 3.69. The van der Waals surface area contributed by atoms with Crippen molar-refractivity contribution in [3.05, 3.63) is 69.0 Å². The maximum absolute atomic E-state index is 14.1. The zero-order valence-electron chi connectivity index (χ0n) is 15.5. The summed E-state index contributed by atoms with van der Waals surface area (Å²) in [6, 6.07) is 6.74. The molecule has 1 aromatic carbocycles. The molecule has 4 nitrogen and oxygen atoms in total. The monoisotopic (exact) mass is 444 g/mol. The van der Waals surface area contributed by atoms with Crippen LogP contribution in [-0.4, -0.2) is 30.2 Å². The van der Waals surface area contributed by atoms with Crippen LogP contribution in [0, 0.1) is 6.92 Å². The Labute approximate surface area is 175 Å². The Balaban J connectivity index is 2.06. The molecule has 0 fully saturated rings. The number of aromatic nitrogens is 1. The van der Waals surface area contributed by atoms with Gasteiger partial charge in [0, 0.05) is 22.2 Å². The minimum absolute atomic E-state index is 0.0711. The van der Waals surface area contributed by atoms with E-state index in [1.807, 2.05) is 0 Å². The van der Waals surface area contributed by atoms with E-state index in [-0.39, 0.29) is 33.7 Å². The smallest absolute Gasteiger partial charge is 0.352 e. The number of carbonyl (C=O) groups excluding carboxylic acids is 1. The summed E-state index contributed by atoms with van der Waals surface area (Å²) >= 11 is 11.8. The molecule has 1 aliphatic rings. The van der Waals surface area contributed by atoms with E-state index >= 15 is 0 Å². The lowest BCUT2D eigenvalue weighted by atomic mass is 9.91. The molecule has 154 valence electrons. The van der Waals surface area contributed by atoms with Crippen molar-refractivity contribution in [2.75, 3.05) is 13.2 Å². The molecule has 0 bridgehead atoms. The molecule has 1 N–H and O–H groups in total. The van der Waals surface area contributed by atoms with E-state index < -0.39 is 11.8 Å². The number of aryl methyl sites for hydroxylation is 1. The molecule has 1 atom stereocenters. The molecule has 0 saturated heterocycles. The first kappa shape index (κ1) is 21.6. The number of ether oxygens (including phenoxy) is 1. The molecule has 3 rings (SSSR count). The van der Waals surface area contributed by atoms with Gasteiger partial charge in [-0.05, 0) is 55.8 Å². The van der Waals surface area contributed by atoms with Gasteiger partial charge in [-0.2, -0.15) is 13.2 Å². The zero-order valence-corrected chi connectivity index (χ0v) is 17.0. The number of hydrogen-bond acceptors (Lipinski definition) is 3. The first-order valence-electron chi connectivity index (χ1n) is 8.72. The van der Waals surface area contributed by atoms with Crippen molar-refractivity contribution in [1.82, 2.24) is 10.3 Å². The third-order valence-corrected chi connectivity index (χ3v) is 4.98. The second-order valence-electron chi connectivity index (χ2n) is 6.54. The number of pyridine rings is 1. The summed E-state index contributed by atoms with van der Waals surface area (Å²) in [5.74, 6) is -0.293. The predicted octanol–water partition coefficient (Wildman–Crippen LogP) is 5.32. The molecule has 0 spiro atoms. The molecule has 0 radical (unpaired) electrons. The number of benzene rings is 1. The standard InChI is InChI=1S/C20H17Cl2F3N2O2/c1-3-26-18(28)16-4-5-17(27-11(16)2)12-9-19(29-10-12,20(23,24)25)13-6-14(21)8-15(22)7-13/h4-9H,3,10H2,1-2H3,(H,26,28). The van der Waals surface area contributed by atoms with Crippen LogP contribution in [0.2, 0.25) is 10.0 Å². The van der Waals surface area contributed by atoms with E-state index in [2.05, 4.69) is 10.3 Å². The van der Waals surface area contributed by atoms with Gasteiger partial charge in [-0.3, -0.25) is 9.78 Å². The van der Waals surface area contributed by atoms with Crippen LogP contribution in [0.5, 0.6) is 0 Å². The SMILES string of the molecule is CCNC(=O)c1ccc(C2=CC(c3cc(Cl)cc(Cl)c3)(C(F)(F)F)OC2)nc1C. The number of amides is 1. The molecule has 1 aromatic heterocycles. The normalized spacial score (nSPS) is 19.2. The summed E-state index contributed by atoms with van der Waals surface area (Å²) < 4.78 is 47.4. The number of hydrogen-bond donors (Lipinski definition) is 1. The third kappa shape index (κ3) is 4.13. The Morgan fingerprint density at radius 1 is 1.24 bits per heavy atom. The number of alkyl halides is 3. The van der Waals surface area contributed by atoms with Gasteiger partial charge in [0.25, 0.3) is 5.91 Å². The van der Waals surface area contributed by atoms with Crippen molar-refractivity contribution in [2.24, 2.45) is 0 Å². The van der Waals surface area contributed by atoms with E-state index in [1.165, 1.54) is 30.3 Å². The minimum atomic E-state index is -4.75. The van der Waals surface area contributed by atoms with Gasteiger partial charge in [0.05, 0.1) is 23.6 Å². The Kier molecular flexibility index (Phi) is 5.94. The van der Waals surface area contributed by atoms with Gasteiger partial charge in [-0.1, -0.05) is 23.2 Å². The lowest BCUT2D eigenvalue weighted by molar-refractivity contribution is -0.254. The molecular weight excluding hydrogens is 428 g/mol. The summed E-state index contributed by atoms with van der Waals surface area (Å²) in [6.45, 7) is 3.55. The lowest BCUT2D eigenvalue weighted by Crippen LogP contribution is -2.41. The van der Waals surface area contributed by atoms with Crippen LogP contribution in [0.1, 0.15) is 34.2 Å². The van der Waals surface area contributed by atoms with Crippen LogP contribution >= 0.6 is 23.2 Å². The minimum Gasteiger partial charge on any atom is -0.352 e. The summed E-state index contributed by atoms with van der Waals surface area (Å²) in [6.07, 6.45) is -3.76. The quantitative estimate of drug-likeness (QED) is 0.694. The van der Waals surface area contributed by atoms with Crippen molar-refractivity contribution >= 4 is 34.7 Å². The number of halogens is 5. The maximum atomic E-state index is 14.1. The zero-order chi connectivity index (χ0) is 21.4. The van der Waals surface area contributed by atoms with Crippen LogP contribution in [0.15, 0.2) is 36.4 Å². The summed E-state index contributed by atoms with van der Waals surface area (Å²) in [7, 11) is 0. The van der Waals surface area contributed by atoms with Crippen LogP contribution in [0.3, 0.4) is 0 Å². The van der Waals surface area contributed by atoms with Gasteiger partial charge in [0.2, 0.25) is 5.60 Å². The molecular formula is C20H17Cl2F3N2O2. The Morgan fingerprint density at radius 3 is 2.45 bits per heavy atom. The predicted molar refractivity (Wildman–Crippen MR) is 105 cm³/mol. The van der Waals surface area contributed by atoms with Gasteiger partial charge in [0.1, 0.15) is 0 Å². The number of nitrogens with zero attached hydrogens (tertiary/aromatic N) is 1. The van der Waals surface area contributed by atoms with Gasteiger partial charge in [-0.15, -0.1) is 0 Å². The van der Waals surface area contributed by atoms with Crippen molar-refractivity contribution in [1.29, 1.82) is 0 Å². The number of carbonyl (C=O) groups is 1. The maximum Gasteiger partial charge on any atom is 0.425 e. The highest BCUT2D eigenvalue weighted by molar-refractivity contribution is 6.34. The molecule has 1 amide bonds. The third-order valence-electron chi connectivity index (χ3n) is 4.54. The topological polar surface area (TPSA) is 51.2 Å². The van der Waals surface area contributed by atoms with Crippen LogP contribution in [0.25, 0.3) is 5.57 Å². The van der Waals surface area contributed by atoms with E-state index in [0.717, 1.165) is 6.08 Å². The van der Waals surface area contributed by atoms with E-state index in [1.54, 1.807) is 13.8 Å². The molecule has 1 aliphatic heterocycles. The molecule has 0 saturated carbocycles. The lowest BCUT2D eigenvalue weighted by Gasteiger charge is -2.30. The Hall–Kier alpha value is -2.09. The Bertz CT molecular complexity index is 972. The summed E-state index contributed by atoms with van der Waals surface area (Å²) in [5.41, 5.74) is -1.58. The largest absolute Gasteiger partial charge is 0.425 e. The molecule has 2 heterocycles. The van der Waals surface area contributed by atoms with Crippen molar-refractivity contribution < 1.29 is 22.7 Å².